The lowest BCUT2D eigenvalue weighted by atomic mass is 9.91. The number of primary amides is 1. The van der Waals surface area contributed by atoms with Crippen LogP contribution >= 0.6 is 0 Å². The molecule has 0 spiro atoms. The third kappa shape index (κ3) is 7.58. The normalized spacial score (nSPS) is 33.3. The van der Waals surface area contributed by atoms with Gasteiger partial charge in [-0.25, -0.2) is 15.2 Å². The zero-order chi connectivity index (χ0) is 40.2. The van der Waals surface area contributed by atoms with Crippen LogP contribution in [-0.2, 0) is 14.4 Å². The van der Waals surface area contributed by atoms with Gasteiger partial charge in [-0.3, -0.25) is 44.4 Å². The molecule has 0 aromatic heterocycles. The maximum Gasteiger partial charge on any atom is 0.320 e. The van der Waals surface area contributed by atoms with Gasteiger partial charge in [0.2, 0.25) is 17.7 Å². The molecule has 0 saturated carbocycles. The van der Waals surface area contributed by atoms with E-state index in [1.807, 2.05) is 18.0 Å². The van der Waals surface area contributed by atoms with Crippen molar-refractivity contribution in [3.63, 3.8) is 0 Å². The van der Waals surface area contributed by atoms with Gasteiger partial charge in [-0.05, 0) is 75.6 Å². The monoisotopic (exact) mass is 802 g/mol. The number of fused-ring (bicyclic) bond motifs is 2. The minimum absolute atomic E-state index is 0.0399. The smallest absolute Gasteiger partial charge is 0.320 e. The summed E-state index contributed by atoms with van der Waals surface area (Å²) in [4.78, 5) is 88.3. The summed E-state index contributed by atoms with van der Waals surface area (Å²) in [5, 5.41) is 11.9. The number of carbonyl (C=O) groups excluding carboxylic acids is 6. The number of anilines is 1. The second kappa shape index (κ2) is 16.1. The number of likely N-dealkylation sites (N-methyl/N-ethyl adjacent to an activating group) is 1. The van der Waals surface area contributed by atoms with E-state index in [4.69, 9.17) is 5.73 Å². The number of amides is 7. The van der Waals surface area contributed by atoms with Crippen LogP contribution in [0, 0.1) is 5.92 Å². The van der Waals surface area contributed by atoms with Crippen molar-refractivity contribution in [2.75, 3.05) is 83.9 Å². The topological polar surface area (TPSA) is 199 Å². The van der Waals surface area contributed by atoms with Gasteiger partial charge < -0.3 is 30.7 Å². The zero-order valence-corrected chi connectivity index (χ0v) is 33.4. The van der Waals surface area contributed by atoms with Crippen LogP contribution in [-0.4, -0.2) is 187 Å². The van der Waals surface area contributed by atoms with E-state index >= 15 is 0 Å². The maximum atomic E-state index is 13.4. The van der Waals surface area contributed by atoms with E-state index in [2.05, 4.69) is 41.1 Å². The SMILES string of the molecule is CN1CCN([C@@H]2CCCN(C3CNC(C(N)=O)C(NC4CC5CN(CC6CCN(c7ccc8c(c7)C(=O)N([C@@H]7CCC(=O)NC7=O)C8=O)CC6)CCN5N4)C3)C2)C1=O. The Morgan fingerprint density at radius 2 is 1.67 bits per heavy atom. The Labute approximate surface area is 339 Å². The fraction of sp³-hybridized carbons (Fsp3) is 0.700. The highest BCUT2D eigenvalue weighted by Crippen LogP contribution is 2.33. The second-order valence-corrected chi connectivity index (χ2v) is 17.8. The molecule has 1 aromatic carbocycles. The molecule has 18 nitrogen and oxygen atoms in total. The lowest BCUT2D eigenvalue weighted by molar-refractivity contribution is -0.136. The summed E-state index contributed by atoms with van der Waals surface area (Å²) < 4.78 is 0. The molecule has 8 aliphatic rings. The third-order valence-corrected chi connectivity index (χ3v) is 14.2. The van der Waals surface area contributed by atoms with Crippen LogP contribution in [0.3, 0.4) is 0 Å². The van der Waals surface area contributed by atoms with E-state index in [9.17, 15) is 28.8 Å². The van der Waals surface area contributed by atoms with Crippen LogP contribution in [0.25, 0.3) is 0 Å². The minimum Gasteiger partial charge on any atom is -0.371 e. The molecule has 6 N–H and O–H groups in total. The quantitative estimate of drug-likeness (QED) is 0.182. The predicted molar refractivity (Wildman–Crippen MR) is 212 cm³/mol. The van der Waals surface area contributed by atoms with E-state index in [1.165, 1.54) is 0 Å². The molecule has 7 saturated heterocycles. The summed E-state index contributed by atoms with van der Waals surface area (Å²) in [5.74, 6) is -1.74. The van der Waals surface area contributed by atoms with Crippen LogP contribution in [0.1, 0.15) is 72.1 Å². The number of nitrogens with one attached hydrogen (secondary N) is 4. The molecule has 7 fully saturated rings. The summed E-state index contributed by atoms with van der Waals surface area (Å²) in [6, 6.07) is 4.81. The van der Waals surface area contributed by atoms with Gasteiger partial charge in [0.1, 0.15) is 12.1 Å². The number of hydrogen-bond acceptors (Lipinski definition) is 13. The van der Waals surface area contributed by atoms with E-state index in [0.29, 0.717) is 29.6 Å². The lowest BCUT2D eigenvalue weighted by Crippen LogP contribution is -2.67. The van der Waals surface area contributed by atoms with Crippen LogP contribution in [0.5, 0.6) is 0 Å². The fourth-order valence-electron chi connectivity index (χ4n) is 11.0. The number of piperidine rings is 4. The standard InChI is InChI=1S/C40H58N12O6/c1-46-13-15-50(40(46)58)26-3-2-10-49(23-26)27-18-31(35(36(41)54)42-20-27)43-33-19-28-22-47(14-16-51(28)45-33)21-24-8-11-48(12-9-24)25-4-5-29-30(17-25)39(57)52(38(29)56)32-6-7-34(53)44-37(32)55/h4-5,17,24,26-28,31-33,35,42-43,45H,2-3,6-16,18-23H2,1H3,(H2,41,54)(H,44,53,55)/t26-,27?,28?,31?,32-,33?,35?/m1/s1. The number of hydrazine groups is 1. The largest absolute Gasteiger partial charge is 0.371 e. The number of piperazine rings is 1. The Hall–Kier alpha value is -4.20. The first-order chi connectivity index (χ1) is 28.0. The molecule has 0 aliphatic carbocycles. The van der Waals surface area contributed by atoms with Crippen LogP contribution in [0.4, 0.5) is 10.5 Å². The van der Waals surface area contributed by atoms with Gasteiger partial charge in [-0.1, -0.05) is 0 Å². The van der Waals surface area contributed by atoms with Crippen LogP contribution in [0.15, 0.2) is 18.2 Å². The van der Waals surface area contributed by atoms with E-state index in [1.54, 1.807) is 17.0 Å². The van der Waals surface area contributed by atoms with E-state index in [-0.39, 0.29) is 55.0 Å². The first-order valence-corrected chi connectivity index (χ1v) is 21.4. The Morgan fingerprint density at radius 3 is 2.43 bits per heavy atom. The van der Waals surface area contributed by atoms with Crippen molar-refractivity contribution >= 4 is 41.3 Å². The number of benzene rings is 1. The Balaban J connectivity index is 0.751. The number of likely N-dealkylation sites (tertiary alicyclic amines) is 1. The molecule has 7 amide bonds. The summed E-state index contributed by atoms with van der Waals surface area (Å²) in [6.07, 6.45) is 6.14. The fourth-order valence-corrected chi connectivity index (χ4v) is 11.0. The number of nitrogens with zero attached hydrogens (tertiary/aromatic N) is 7. The average molecular weight is 803 g/mol. The molecule has 9 rings (SSSR count). The molecule has 0 radical (unpaired) electrons. The number of urea groups is 1. The van der Waals surface area contributed by atoms with Crippen molar-refractivity contribution in [2.45, 2.75) is 93.8 Å². The molecule has 5 unspecified atom stereocenters. The van der Waals surface area contributed by atoms with Crippen molar-refractivity contribution in [2.24, 2.45) is 11.7 Å². The molecule has 18 heteroatoms. The average Bonchev–Trinajstić information content (AvgIpc) is 3.86. The molecular weight excluding hydrogens is 745 g/mol. The summed E-state index contributed by atoms with van der Waals surface area (Å²) in [5.41, 5.74) is 11.2. The van der Waals surface area contributed by atoms with Gasteiger partial charge in [-0.15, -0.1) is 0 Å². The van der Waals surface area contributed by atoms with Gasteiger partial charge in [0.15, 0.2) is 0 Å². The molecule has 1 aromatic rings. The molecule has 8 aliphatic heterocycles. The van der Waals surface area contributed by atoms with E-state index in [0.717, 1.165) is 115 Å². The van der Waals surface area contributed by atoms with Gasteiger partial charge in [0.05, 0.1) is 17.3 Å². The number of hydrogen-bond donors (Lipinski definition) is 5. The number of nitrogens with two attached hydrogens (primary N) is 1. The molecule has 7 atom stereocenters. The van der Waals surface area contributed by atoms with Crippen LogP contribution < -0.4 is 32.0 Å². The first kappa shape index (κ1) is 39.3. The number of imide groups is 2. The number of carbonyl (C=O) groups is 6. The highest BCUT2D eigenvalue weighted by molar-refractivity contribution is 6.23. The predicted octanol–water partition coefficient (Wildman–Crippen LogP) is -1.47. The van der Waals surface area contributed by atoms with Crippen molar-refractivity contribution in [1.82, 2.24) is 50.9 Å². The Morgan fingerprint density at radius 1 is 0.862 bits per heavy atom. The van der Waals surface area contributed by atoms with Gasteiger partial charge in [-0.2, -0.15) is 0 Å². The van der Waals surface area contributed by atoms with Crippen molar-refractivity contribution in [3.8, 4) is 0 Å². The maximum absolute atomic E-state index is 13.4. The molecule has 0 bridgehead atoms. The lowest BCUT2D eigenvalue weighted by Gasteiger charge is -2.46. The first-order valence-electron chi connectivity index (χ1n) is 21.4. The van der Waals surface area contributed by atoms with Crippen molar-refractivity contribution in [3.05, 3.63) is 29.3 Å². The molecule has 8 heterocycles. The summed E-state index contributed by atoms with van der Waals surface area (Å²) in [6.45, 7) is 9.71. The third-order valence-electron chi connectivity index (χ3n) is 14.2. The van der Waals surface area contributed by atoms with Crippen molar-refractivity contribution in [1.29, 1.82) is 0 Å². The van der Waals surface area contributed by atoms with Gasteiger partial charge >= 0.3 is 6.03 Å². The molecule has 314 valence electrons. The van der Waals surface area contributed by atoms with Crippen LogP contribution in [0.2, 0.25) is 0 Å². The highest BCUT2D eigenvalue weighted by Gasteiger charge is 2.46. The minimum atomic E-state index is -0.972. The van der Waals surface area contributed by atoms with Gasteiger partial charge in [0, 0.05) is 109 Å². The summed E-state index contributed by atoms with van der Waals surface area (Å²) in [7, 11) is 1.87. The van der Waals surface area contributed by atoms with Crippen molar-refractivity contribution < 1.29 is 28.8 Å². The number of rotatable bonds is 9. The Kier molecular flexibility index (Phi) is 10.9. The van der Waals surface area contributed by atoms with E-state index < -0.39 is 29.8 Å². The molecular formula is C40H58N12O6. The zero-order valence-electron chi connectivity index (χ0n) is 33.4. The summed E-state index contributed by atoms with van der Waals surface area (Å²) >= 11 is 0. The molecule has 58 heavy (non-hydrogen) atoms. The van der Waals surface area contributed by atoms with Gasteiger partial charge in [0.25, 0.3) is 11.8 Å². The highest BCUT2D eigenvalue weighted by atomic mass is 16.2. The second-order valence-electron chi connectivity index (χ2n) is 17.8. The Bertz CT molecular complexity index is 1820.